The van der Waals surface area contributed by atoms with Gasteiger partial charge in [-0.05, 0) is 36.2 Å². The van der Waals surface area contributed by atoms with Gasteiger partial charge in [0.15, 0.2) is 26.5 Å². The zero-order valence-electron chi connectivity index (χ0n) is 21.0. The molecule has 10 heteroatoms. The summed E-state index contributed by atoms with van der Waals surface area (Å²) in [5, 5.41) is 3.23. The van der Waals surface area contributed by atoms with Gasteiger partial charge in [0.1, 0.15) is 5.75 Å². The number of methoxy groups -OCH3 is 2. The molecule has 0 aliphatic rings. The van der Waals surface area contributed by atoms with Gasteiger partial charge in [0.05, 0.1) is 35.1 Å². The van der Waals surface area contributed by atoms with Gasteiger partial charge >= 0.3 is 0 Å². The predicted octanol–water partition coefficient (Wildman–Crippen LogP) is 5.43. The first-order valence-corrected chi connectivity index (χ1v) is 14.2. The molecule has 194 valence electrons. The van der Waals surface area contributed by atoms with Crippen molar-refractivity contribution < 1.29 is 27.4 Å². The second kappa shape index (κ2) is 11.2. The van der Waals surface area contributed by atoms with Gasteiger partial charge in [-0.2, -0.15) is 0 Å². The lowest BCUT2D eigenvalue weighted by Crippen LogP contribution is -2.25. The molecule has 0 saturated carbocycles. The van der Waals surface area contributed by atoms with Gasteiger partial charge in [0.2, 0.25) is 6.10 Å². The van der Waals surface area contributed by atoms with Crippen molar-refractivity contribution in [2.45, 2.75) is 31.3 Å². The number of benzene rings is 3. The maximum atomic E-state index is 13.5. The Bertz CT molecular complexity index is 1460. The molecule has 3 aromatic carbocycles. The summed E-state index contributed by atoms with van der Waals surface area (Å²) >= 11 is 1.29. The first-order valence-electron chi connectivity index (χ1n) is 11.7. The first kappa shape index (κ1) is 26.4. The molecule has 4 rings (SSSR count). The monoisotopic (exact) mass is 540 g/mol. The van der Waals surface area contributed by atoms with Crippen LogP contribution in [0.5, 0.6) is 17.2 Å². The Labute approximate surface area is 220 Å². The van der Waals surface area contributed by atoms with E-state index in [9.17, 15) is 13.2 Å². The number of hydrogen-bond acceptors (Lipinski definition) is 8. The lowest BCUT2D eigenvalue weighted by atomic mass is 10.1. The number of rotatable bonds is 10. The van der Waals surface area contributed by atoms with E-state index in [1.807, 2.05) is 24.3 Å². The Kier molecular flexibility index (Phi) is 7.99. The Morgan fingerprint density at radius 3 is 2.22 bits per heavy atom. The summed E-state index contributed by atoms with van der Waals surface area (Å²) in [6, 6.07) is 17.2. The normalized spacial score (nSPS) is 12.2. The first-order chi connectivity index (χ1) is 17.8. The van der Waals surface area contributed by atoms with Crippen molar-refractivity contribution in [3.05, 3.63) is 71.8 Å². The highest BCUT2D eigenvalue weighted by atomic mass is 32.2. The minimum atomic E-state index is -3.37. The summed E-state index contributed by atoms with van der Waals surface area (Å²) < 4.78 is 42.1. The van der Waals surface area contributed by atoms with Crippen LogP contribution in [0.3, 0.4) is 0 Å². The molecule has 8 nitrogen and oxygen atoms in total. The van der Waals surface area contributed by atoms with Gasteiger partial charge in [0.25, 0.3) is 5.91 Å². The van der Waals surface area contributed by atoms with Crippen LogP contribution >= 0.6 is 11.3 Å². The van der Waals surface area contributed by atoms with Crippen LogP contribution in [0.2, 0.25) is 0 Å². The molecule has 0 aliphatic carbocycles. The number of hydrogen-bond donors (Lipinski definition) is 1. The van der Waals surface area contributed by atoms with Crippen LogP contribution in [-0.4, -0.2) is 39.3 Å². The van der Waals surface area contributed by atoms with Crippen LogP contribution in [0.1, 0.15) is 31.1 Å². The highest BCUT2D eigenvalue weighted by molar-refractivity contribution is 7.91. The maximum Gasteiger partial charge on any atom is 0.271 e. The van der Waals surface area contributed by atoms with E-state index in [4.69, 9.17) is 14.2 Å². The molecule has 1 N–H and O–H groups in total. The maximum absolute atomic E-state index is 13.5. The number of nitrogens with zero attached hydrogens (tertiary/aromatic N) is 1. The Morgan fingerprint density at radius 1 is 0.973 bits per heavy atom. The zero-order chi connectivity index (χ0) is 26.6. The second-order valence-electron chi connectivity index (χ2n) is 8.15. The standard InChI is InChI=1S/C27H28N2O6S2/c1-5-17-7-11-19(12-8-17)35-25(18-9-13-20(14-10-18)37(31,32)6-2)26(30)29-27-28-21-15-22(33-3)23(34-4)16-24(21)36-27/h7-16,25H,5-6H2,1-4H3,(H,28,29,30). The molecule has 1 amide bonds. The van der Waals surface area contributed by atoms with Crippen molar-refractivity contribution in [2.75, 3.05) is 25.3 Å². The summed E-state index contributed by atoms with van der Waals surface area (Å²) in [5.74, 6) is 1.17. The number of anilines is 1. The number of nitrogens with one attached hydrogen (secondary N) is 1. The van der Waals surface area contributed by atoms with E-state index in [0.29, 0.717) is 33.5 Å². The van der Waals surface area contributed by atoms with Gasteiger partial charge in [-0.1, -0.05) is 49.4 Å². The van der Waals surface area contributed by atoms with Gasteiger partial charge in [-0.3, -0.25) is 10.1 Å². The summed E-state index contributed by atoms with van der Waals surface area (Å²) in [5.41, 5.74) is 2.30. The highest BCUT2D eigenvalue weighted by Gasteiger charge is 2.25. The van der Waals surface area contributed by atoms with Crippen molar-refractivity contribution in [1.82, 2.24) is 4.98 Å². The van der Waals surface area contributed by atoms with Crippen molar-refractivity contribution in [1.29, 1.82) is 0 Å². The van der Waals surface area contributed by atoms with Crippen molar-refractivity contribution in [3.63, 3.8) is 0 Å². The van der Waals surface area contributed by atoms with E-state index < -0.39 is 21.8 Å². The van der Waals surface area contributed by atoms with E-state index in [1.54, 1.807) is 45.4 Å². The lowest BCUT2D eigenvalue weighted by Gasteiger charge is -2.19. The number of aryl methyl sites for hydroxylation is 1. The van der Waals surface area contributed by atoms with Gasteiger partial charge in [-0.15, -0.1) is 0 Å². The van der Waals surface area contributed by atoms with Crippen molar-refractivity contribution in [3.8, 4) is 17.2 Å². The van der Waals surface area contributed by atoms with E-state index in [2.05, 4.69) is 17.2 Å². The third-order valence-electron chi connectivity index (χ3n) is 5.87. The minimum Gasteiger partial charge on any atom is -0.493 e. The molecule has 4 aromatic rings. The smallest absolute Gasteiger partial charge is 0.271 e. The van der Waals surface area contributed by atoms with Crippen LogP contribution in [0.15, 0.2) is 65.6 Å². The van der Waals surface area contributed by atoms with Crippen LogP contribution < -0.4 is 19.5 Å². The Morgan fingerprint density at radius 2 is 1.62 bits per heavy atom. The number of fused-ring (bicyclic) bond motifs is 1. The fourth-order valence-corrected chi connectivity index (χ4v) is 5.47. The summed E-state index contributed by atoms with van der Waals surface area (Å²) in [6.45, 7) is 3.65. The number of aromatic nitrogens is 1. The molecule has 37 heavy (non-hydrogen) atoms. The summed E-state index contributed by atoms with van der Waals surface area (Å²) in [6.07, 6.45) is -0.160. The molecule has 0 fully saturated rings. The Balaban J connectivity index is 1.65. The number of amides is 1. The van der Waals surface area contributed by atoms with E-state index in [1.165, 1.54) is 23.5 Å². The molecule has 1 heterocycles. The van der Waals surface area contributed by atoms with Gasteiger partial charge in [-0.25, -0.2) is 13.4 Å². The van der Waals surface area contributed by atoms with Crippen LogP contribution in [-0.2, 0) is 21.1 Å². The molecule has 0 radical (unpaired) electrons. The topological polar surface area (TPSA) is 104 Å². The predicted molar refractivity (Wildman–Crippen MR) is 145 cm³/mol. The van der Waals surface area contributed by atoms with E-state index in [0.717, 1.165) is 16.7 Å². The second-order valence-corrected chi connectivity index (χ2v) is 11.5. The van der Waals surface area contributed by atoms with Crippen molar-refractivity contribution >= 4 is 42.4 Å². The largest absolute Gasteiger partial charge is 0.493 e. The van der Waals surface area contributed by atoms with E-state index in [-0.39, 0.29) is 10.6 Å². The number of thiazole rings is 1. The third kappa shape index (κ3) is 5.86. The summed E-state index contributed by atoms with van der Waals surface area (Å²) in [4.78, 5) is 18.2. The van der Waals surface area contributed by atoms with E-state index >= 15 is 0 Å². The molecule has 0 saturated heterocycles. The van der Waals surface area contributed by atoms with Gasteiger partial charge in [0, 0.05) is 17.7 Å². The van der Waals surface area contributed by atoms with Crippen LogP contribution in [0.25, 0.3) is 10.2 Å². The molecule has 1 atom stereocenters. The van der Waals surface area contributed by atoms with Crippen LogP contribution in [0.4, 0.5) is 5.13 Å². The fourth-order valence-electron chi connectivity index (χ4n) is 3.71. The average Bonchev–Trinajstić information content (AvgIpc) is 3.32. The molecular formula is C27H28N2O6S2. The number of carbonyl (C=O) groups excluding carboxylic acids is 1. The highest BCUT2D eigenvalue weighted by Crippen LogP contribution is 2.36. The number of ether oxygens (including phenoxy) is 3. The molecule has 0 bridgehead atoms. The van der Waals surface area contributed by atoms with Gasteiger partial charge < -0.3 is 14.2 Å². The lowest BCUT2D eigenvalue weighted by molar-refractivity contribution is -0.123. The SMILES string of the molecule is CCc1ccc(OC(C(=O)Nc2nc3cc(OC)c(OC)cc3s2)c2ccc(S(=O)(=O)CC)cc2)cc1. The molecule has 1 unspecified atom stereocenters. The third-order valence-corrected chi connectivity index (χ3v) is 8.55. The fraction of sp³-hybridized carbons (Fsp3) is 0.259. The Hall–Kier alpha value is -3.63. The average molecular weight is 541 g/mol. The molecule has 0 aliphatic heterocycles. The minimum absolute atomic E-state index is 0.0102. The number of carbonyl (C=O) groups is 1. The van der Waals surface area contributed by atoms with Crippen LogP contribution in [0, 0.1) is 0 Å². The quantitative estimate of drug-likeness (QED) is 0.286. The molecule has 0 spiro atoms. The number of sulfone groups is 1. The summed E-state index contributed by atoms with van der Waals surface area (Å²) in [7, 11) is -0.271. The molecular weight excluding hydrogens is 512 g/mol. The van der Waals surface area contributed by atoms with Crippen molar-refractivity contribution in [2.24, 2.45) is 0 Å². The molecule has 1 aromatic heterocycles. The zero-order valence-corrected chi connectivity index (χ0v) is 22.6.